The zero-order chi connectivity index (χ0) is 12.1. The topological polar surface area (TPSA) is 33.2 Å². The minimum Gasteiger partial charge on any atom is -0.339 e. The second-order valence-electron chi connectivity index (χ2n) is 3.92. The van der Waals surface area contributed by atoms with Crippen LogP contribution in [0.5, 0.6) is 0 Å². The maximum Gasteiger partial charge on any atom is 0.253 e. The Bertz CT molecular complexity index is 368. The van der Waals surface area contributed by atoms with Crippen LogP contribution in [0.4, 0.5) is 0 Å². The second-order valence-corrected chi connectivity index (χ2v) is 4.31. The van der Waals surface area contributed by atoms with Gasteiger partial charge in [-0.15, -0.1) is 0 Å². The lowest BCUT2D eigenvalue weighted by Gasteiger charge is -2.24. The van der Waals surface area contributed by atoms with Gasteiger partial charge < -0.3 is 4.90 Å². The van der Waals surface area contributed by atoms with Crippen LogP contribution in [-0.4, -0.2) is 28.9 Å². The fraction of sp³-hybridized carbons (Fsp3) is 0.500. The molecule has 3 nitrogen and oxygen atoms in total. The zero-order valence-electron chi connectivity index (χ0n) is 9.90. The van der Waals surface area contributed by atoms with E-state index in [-0.39, 0.29) is 11.9 Å². The Balaban J connectivity index is 2.77. The highest BCUT2D eigenvalue weighted by Crippen LogP contribution is 2.12. The van der Waals surface area contributed by atoms with Gasteiger partial charge in [0.05, 0.1) is 0 Å². The summed E-state index contributed by atoms with van der Waals surface area (Å²) in [6.45, 7) is 4.16. The van der Waals surface area contributed by atoms with Gasteiger partial charge in [-0.05, 0) is 25.5 Å². The molecular weight excluding hydrogens is 224 g/mol. The fourth-order valence-corrected chi connectivity index (χ4v) is 1.72. The van der Waals surface area contributed by atoms with Crippen molar-refractivity contribution in [3.63, 3.8) is 0 Å². The number of rotatable bonds is 4. The number of amides is 1. The van der Waals surface area contributed by atoms with Crippen molar-refractivity contribution in [3.05, 3.63) is 29.0 Å². The molecule has 1 amide bonds. The first-order chi connectivity index (χ1) is 7.56. The van der Waals surface area contributed by atoms with Crippen molar-refractivity contribution in [3.8, 4) is 0 Å². The van der Waals surface area contributed by atoms with Crippen LogP contribution in [0.15, 0.2) is 18.3 Å². The zero-order valence-corrected chi connectivity index (χ0v) is 10.7. The summed E-state index contributed by atoms with van der Waals surface area (Å²) in [6.07, 6.45) is 3.62. The summed E-state index contributed by atoms with van der Waals surface area (Å²) in [7, 11) is 1.82. The van der Waals surface area contributed by atoms with E-state index in [2.05, 4.69) is 11.9 Å². The minimum absolute atomic E-state index is 0.00903. The van der Waals surface area contributed by atoms with Gasteiger partial charge in [-0.25, -0.2) is 4.98 Å². The molecule has 1 heterocycles. The first kappa shape index (κ1) is 13.0. The molecule has 0 aliphatic rings. The number of aromatic nitrogens is 1. The highest BCUT2D eigenvalue weighted by atomic mass is 35.5. The number of hydrogen-bond donors (Lipinski definition) is 0. The van der Waals surface area contributed by atoms with Crippen LogP contribution in [0.2, 0.25) is 5.15 Å². The van der Waals surface area contributed by atoms with Crippen molar-refractivity contribution in [2.45, 2.75) is 32.7 Å². The van der Waals surface area contributed by atoms with Gasteiger partial charge in [-0.1, -0.05) is 24.9 Å². The molecular formula is C12H17ClN2O. The van der Waals surface area contributed by atoms with Crippen LogP contribution < -0.4 is 0 Å². The molecule has 0 spiro atoms. The third-order valence-electron chi connectivity index (χ3n) is 2.66. The van der Waals surface area contributed by atoms with Gasteiger partial charge in [-0.2, -0.15) is 0 Å². The van der Waals surface area contributed by atoms with Gasteiger partial charge in [0.2, 0.25) is 0 Å². The average Bonchev–Trinajstić information content (AvgIpc) is 2.27. The highest BCUT2D eigenvalue weighted by Gasteiger charge is 2.16. The van der Waals surface area contributed by atoms with Gasteiger partial charge in [-0.3, -0.25) is 4.79 Å². The minimum atomic E-state index is -0.00903. The van der Waals surface area contributed by atoms with Gasteiger partial charge in [0.25, 0.3) is 5.91 Å². The Morgan fingerprint density at radius 2 is 2.31 bits per heavy atom. The third-order valence-corrected chi connectivity index (χ3v) is 2.87. The predicted molar refractivity (Wildman–Crippen MR) is 65.7 cm³/mol. The van der Waals surface area contributed by atoms with Crippen molar-refractivity contribution in [1.82, 2.24) is 9.88 Å². The molecule has 0 aliphatic carbocycles. The van der Waals surface area contributed by atoms with E-state index in [1.807, 2.05) is 14.0 Å². The molecule has 0 bridgehead atoms. The molecule has 4 heteroatoms. The molecule has 0 aliphatic heterocycles. The van der Waals surface area contributed by atoms with Crippen molar-refractivity contribution in [1.29, 1.82) is 0 Å². The Kier molecular flexibility index (Phi) is 4.74. The van der Waals surface area contributed by atoms with E-state index in [9.17, 15) is 4.79 Å². The second kappa shape index (κ2) is 5.85. The SMILES string of the molecule is CCCC(C)N(C)C(=O)c1ccnc(Cl)c1. The summed E-state index contributed by atoms with van der Waals surface area (Å²) >= 11 is 5.75. The molecule has 0 fully saturated rings. The predicted octanol–water partition coefficient (Wildman–Crippen LogP) is 3.00. The molecule has 0 N–H and O–H groups in total. The lowest BCUT2D eigenvalue weighted by Crippen LogP contribution is -2.34. The standard InChI is InChI=1S/C12H17ClN2O/c1-4-5-9(2)15(3)12(16)10-6-7-14-11(13)8-10/h6-9H,4-5H2,1-3H3. The van der Waals surface area contributed by atoms with Gasteiger partial charge in [0, 0.05) is 24.8 Å². The molecule has 1 unspecified atom stereocenters. The van der Waals surface area contributed by atoms with E-state index >= 15 is 0 Å². The quantitative estimate of drug-likeness (QED) is 0.758. The molecule has 1 aromatic heterocycles. The smallest absolute Gasteiger partial charge is 0.253 e. The van der Waals surface area contributed by atoms with Gasteiger partial charge in [0.15, 0.2) is 0 Å². The molecule has 0 saturated heterocycles. The van der Waals surface area contributed by atoms with Crippen LogP contribution >= 0.6 is 11.6 Å². The molecule has 16 heavy (non-hydrogen) atoms. The normalized spacial score (nSPS) is 12.2. The molecule has 0 radical (unpaired) electrons. The van der Waals surface area contributed by atoms with E-state index in [4.69, 9.17) is 11.6 Å². The number of carbonyl (C=O) groups excluding carboxylic acids is 1. The van der Waals surface area contributed by atoms with E-state index in [1.54, 1.807) is 23.2 Å². The van der Waals surface area contributed by atoms with Crippen molar-refractivity contribution in [2.24, 2.45) is 0 Å². The Hall–Kier alpha value is -1.09. The summed E-state index contributed by atoms with van der Waals surface area (Å²) in [5.41, 5.74) is 0.588. The molecule has 1 rings (SSSR count). The summed E-state index contributed by atoms with van der Waals surface area (Å²) in [4.78, 5) is 17.7. The van der Waals surface area contributed by atoms with Crippen LogP contribution in [0, 0.1) is 0 Å². The number of pyridine rings is 1. The van der Waals surface area contributed by atoms with Crippen molar-refractivity contribution < 1.29 is 4.79 Å². The van der Waals surface area contributed by atoms with Crippen LogP contribution in [0.25, 0.3) is 0 Å². The summed E-state index contributed by atoms with van der Waals surface area (Å²) in [6, 6.07) is 3.52. The Morgan fingerprint density at radius 1 is 1.62 bits per heavy atom. The van der Waals surface area contributed by atoms with E-state index in [0.29, 0.717) is 10.7 Å². The van der Waals surface area contributed by atoms with E-state index in [0.717, 1.165) is 12.8 Å². The lowest BCUT2D eigenvalue weighted by molar-refractivity contribution is 0.0736. The average molecular weight is 241 g/mol. The number of nitrogens with zero attached hydrogens (tertiary/aromatic N) is 2. The monoisotopic (exact) mass is 240 g/mol. The Labute approximate surface area is 101 Å². The van der Waals surface area contributed by atoms with Crippen LogP contribution in [-0.2, 0) is 0 Å². The van der Waals surface area contributed by atoms with Gasteiger partial charge in [0.1, 0.15) is 5.15 Å². The third kappa shape index (κ3) is 3.20. The van der Waals surface area contributed by atoms with Crippen LogP contribution in [0.3, 0.4) is 0 Å². The molecule has 88 valence electrons. The molecule has 1 aromatic rings. The molecule has 0 aromatic carbocycles. The first-order valence-electron chi connectivity index (χ1n) is 5.45. The summed E-state index contributed by atoms with van der Waals surface area (Å²) in [5.74, 6) is -0.00903. The van der Waals surface area contributed by atoms with Crippen molar-refractivity contribution in [2.75, 3.05) is 7.05 Å². The van der Waals surface area contributed by atoms with Gasteiger partial charge >= 0.3 is 0 Å². The summed E-state index contributed by atoms with van der Waals surface area (Å²) in [5, 5.41) is 0.349. The van der Waals surface area contributed by atoms with E-state index < -0.39 is 0 Å². The van der Waals surface area contributed by atoms with E-state index in [1.165, 1.54) is 0 Å². The number of carbonyl (C=O) groups is 1. The largest absolute Gasteiger partial charge is 0.339 e. The number of halogens is 1. The first-order valence-corrected chi connectivity index (χ1v) is 5.82. The highest BCUT2D eigenvalue weighted by molar-refractivity contribution is 6.29. The molecule has 1 atom stereocenters. The van der Waals surface area contributed by atoms with Crippen LogP contribution in [0.1, 0.15) is 37.0 Å². The maximum absolute atomic E-state index is 12.1. The van der Waals surface area contributed by atoms with Crippen molar-refractivity contribution >= 4 is 17.5 Å². The summed E-state index contributed by atoms with van der Waals surface area (Å²) < 4.78 is 0. The molecule has 0 saturated carbocycles. The lowest BCUT2D eigenvalue weighted by atomic mass is 10.1. The fourth-order valence-electron chi connectivity index (χ4n) is 1.55. The Morgan fingerprint density at radius 3 is 2.88 bits per heavy atom. The maximum atomic E-state index is 12.1. The number of hydrogen-bond acceptors (Lipinski definition) is 2.